The zero-order valence-corrected chi connectivity index (χ0v) is 11.5. The first kappa shape index (κ1) is 14.1. The first-order chi connectivity index (χ1) is 9.66. The molecule has 1 aromatic carbocycles. The van der Waals surface area contributed by atoms with Crippen LogP contribution in [-0.4, -0.2) is 23.5 Å². The van der Waals surface area contributed by atoms with Gasteiger partial charge in [-0.25, -0.2) is 4.99 Å². The van der Waals surface area contributed by atoms with Gasteiger partial charge in [0.15, 0.2) is 0 Å². The summed E-state index contributed by atoms with van der Waals surface area (Å²) >= 11 is 0. The molecule has 1 aliphatic carbocycles. The van der Waals surface area contributed by atoms with Gasteiger partial charge in [-0.15, -0.1) is 0 Å². The molecule has 0 saturated heterocycles. The lowest BCUT2D eigenvalue weighted by Gasteiger charge is -2.19. The van der Waals surface area contributed by atoms with Gasteiger partial charge in [-0.1, -0.05) is 18.2 Å². The van der Waals surface area contributed by atoms with Gasteiger partial charge >= 0.3 is 5.97 Å². The molecule has 20 heavy (non-hydrogen) atoms. The van der Waals surface area contributed by atoms with E-state index in [0.29, 0.717) is 0 Å². The molecule has 1 aromatic rings. The minimum atomic E-state index is -0.848. The Morgan fingerprint density at radius 1 is 1.35 bits per heavy atom. The number of hydrogen-bond donors (Lipinski definition) is 2. The first-order valence-electron chi connectivity index (χ1n) is 6.70. The van der Waals surface area contributed by atoms with Crippen molar-refractivity contribution >= 4 is 17.5 Å². The van der Waals surface area contributed by atoms with Crippen LogP contribution >= 0.6 is 0 Å². The molecule has 104 valence electrons. The largest absolute Gasteiger partial charge is 0.480 e. The lowest BCUT2D eigenvalue weighted by Crippen LogP contribution is -2.24. The molecule has 0 unspecified atom stereocenters. The number of nitrogens with one attached hydrogen (secondary N) is 1. The third kappa shape index (κ3) is 3.84. The number of benzene rings is 1. The smallest absolute Gasteiger partial charge is 0.322 e. The molecule has 0 atom stereocenters. The number of aliphatic carboxylic acids is 1. The zero-order valence-electron chi connectivity index (χ0n) is 11.5. The fourth-order valence-corrected chi connectivity index (χ4v) is 2.18. The van der Waals surface area contributed by atoms with Crippen molar-refractivity contribution in [1.82, 2.24) is 5.32 Å². The topological polar surface area (TPSA) is 61.7 Å². The van der Waals surface area contributed by atoms with Crippen LogP contribution in [0.4, 0.5) is 5.69 Å². The highest BCUT2D eigenvalue weighted by Gasteiger charge is 2.14. The van der Waals surface area contributed by atoms with E-state index in [1.165, 1.54) is 0 Å². The molecular formula is C16H18N2O2. The maximum atomic E-state index is 10.6. The van der Waals surface area contributed by atoms with Crippen LogP contribution in [0.25, 0.3) is 0 Å². The summed E-state index contributed by atoms with van der Waals surface area (Å²) < 4.78 is 0. The minimum Gasteiger partial charge on any atom is -0.480 e. The molecule has 1 aliphatic rings. The fraction of sp³-hybridized carbons (Fsp3) is 0.312. The minimum absolute atomic E-state index is 0.0459. The van der Waals surface area contributed by atoms with Crippen LogP contribution in [0.3, 0.4) is 0 Å². The Labute approximate surface area is 118 Å². The van der Waals surface area contributed by atoms with Crippen LogP contribution in [0.5, 0.6) is 0 Å². The van der Waals surface area contributed by atoms with E-state index in [4.69, 9.17) is 5.11 Å². The number of aliphatic imine (C=N–C) groups is 1. The highest BCUT2D eigenvalue weighted by atomic mass is 16.4. The van der Waals surface area contributed by atoms with E-state index in [1.807, 2.05) is 37.3 Å². The second kappa shape index (κ2) is 6.73. The van der Waals surface area contributed by atoms with Crippen LogP contribution in [0.1, 0.15) is 26.2 Å². The summed E-state index contributed by atoms with van der Waals surface area (Å²) in [6.07, 6.45) is 2.81. The standard InChI is InChI=1S/C16H18N2O2/c1-12-13(10-17-14-7-3-2-4-8-14)6-5-9-15(12)18-11-16(19)20/h2-4,7-8,18H,5-6,9,11H2,1H3,(H,19,20). The van der Waals surface area contributed by atoms with Crippen LogP contribution in [0.15, 0.2) is 52.2 Å². The average Bonchev–Trinajstić information content (AvgIpc) is 2.46. The summed E-state index contributed by atoms with van der Waals surface area (Å²) in [7, 11) is 0. The van der Waals surface area contributed by atoms with Gasteiger partial charge in [0.05, 0.1) is 5.69 Å². The first-order valence-corrected chi connectivity index (χ1v) is 6.70. The van der Waals surface area contributed by atoms with E-state index in [1.54, 1.807) is 0 Å². The van der Waals surface area contributed by atoms with Gasteiger partial charge in [0, 0.05) is 11.3 Å². The van der Waals surface area contributed by atoms with Crippen LogP contribution < -0.4 is 5.32 Å². The third-order valence-corrected chi connectivity index (χ3v) is 3.29. The highest BCUT2D eigenvalue weighted by molar-refractivity contribution is 5.71. The molecule has 0 aliphatic heterocycles. The Morgan fingerprint density at radius 2 is 2.10 bits per heavy atom. The predicted octanol–water partition coefficient (Wildman–Crippen LogP) is 3.05. The molecular weight excluding hydrogens is 252 g/mol. The van der Waals surface area contributed by atoms with Gasteiger partial charge in [0.1, 0.15) is 6.54 Å². The molecule has 0 radical (unpaired) electrons. The number of rotatable bonds is 4. The van der Waals surface area contributed by atoms with Crippen LogP contribution in [-0.2, 0) is 4.79 Å². The van der Waals surface area contributed by atoms with Gasteiger partial charge in [-0.05, 0) is 49.8 Å². The molecule has 0 amide bonds. The number of para-hydroxylation sites is 1. The second-order valence-electron chi connectivity index (χ2n) is 4.74. The van der Waals surface area contributed by atoms with Crippen molar-refractivity contribution in [2.75, 3.05) is 6.54 Å². The second-order valence-corrected chi connectivity index (χ2v) is 4.74. The maximum absolute atomic E-state index is 10.6. The molecule has 4 heteroatoms. The number of hydrogen-bond acceptors (Lipinski definition) is 3. The normalized spacial score (nSPS) is 14.8. The Kier molecular flexibility index (Phi) is 4.75. The van der Waals surface area contributed by atoms with E-state index in [2.05, 4.69) is 16.2 Å². The van der Waals surface area contributed by atoms with Gasteiger partial charge in [-0.3, -0.25) is 4.79 Å². The fourth-order valence-electron chi connectivity index (χ4n) is 2.18. The van der Waals surface area contributed by atoms with E-state index < -0.39 is 5.97 Å². The van der Waals surface area contributed by atoms with Gasteiger partial charge in [0.2, 0.25) is 0 Å². The summed E-state index contributed by atoms with van der Waals surface area (Å²) in [6.45, 7) is 1.95. The number of nitrogens with zero attached hydrogens (tertiary/aromatic N) is 1. The van der Waals surface area contributed by atoms with Crippen molar-refractivity contribution in [2.24, 2.45) is 4.99 Å². The van der Waals surface area contributed by atoms with E-state index in [0.717, 1.165) is 41.8 Å². The number of carboxylic acid groups (broad SMARTS) is 1. The van der Waals surface area contributed by atoms with Crippen molar-refractivity contribution < 1.29 is 9.90 Å². The Balaban J connectivity index is 2.21. The van der Waals surface area contributed by atoms with Crippen LogP contribution in [0, 0.1) is 0 Å². The SMILES string of the molecule is CC1=C(NCC(=O)O)CCCC1=C=Nc1ccccc1. The number of carboxylic acids is 1. The van der Waals surface area contributed by atoms with Gasteiger partial charge in [0.25, 0.3) is 0 Å². The van der Waals surface area contributed by atoms with E-state index >= 15 is 0 Å². The average molecular weight is 270 g/mol. The summed E-state index contributed by atoms with van der Waals surface area (Å²) in [6, 6.07) is 9.69. The quantitative estimate of drug-likeness (QED) is 0.827. The molecule has 0 spiro atoms. The predicted molar refractivity (Wildman–Crippen MR) is 79.2 cm³/mol. The van der Waals surface area contributed by atoms with E-state index in [9.17, 15) is 4.79 Å². The summed E-state index contributed by atoms with van der Waals surface area (Å²) in [5, 5.41) is 11.7. The lowest BCUT2D eigenvalue weighted by atomic mass is 9.93. The molecule has 2 rings (SSSR count). The summed E-state index contributed by atoms with van der Waals surface area (Å²) in [5.41, 5.74) is 3.98. The Morgan fingerprint density at radius 3 is 2.80 bits per heavy atom. The Bertz CT molecular complexity index is 582. The molecule has 0 aromatic heterocycles. The van der Waals surface area contributed by atoms with Crippen molar-refractivity contribution in [1.29, 1.82) is 0 Å². The Hall–Kier alpha value is -2.32. The van der Waals surface area contributed by atoms with Crippen molar-refractivity contribution in [3.05, 3.63) is 47.2 Å². The third-order valence-electron chi connectivity index (χ3n) is 3.29. The summed E-state index contributed by atoms with van der Waals surface area (Å²) in [4.78, 5) is 15.0. The molecule has 0 fully saturated rings. The molecule has 0 heterocycles. The van der Waals surface area contributed by atoms with Crippen molar-refractivity contribution in [3.63, 3.8) is 0 Å². The van der Waals surface area contributed by atoms with Gasteiger partial charge in [-0.2, -0.15) is 0 Å². The van der Waals surface area contributed by atoms with E-state index in [-0.39, 0.29) is 6.54 Å². The lowest BCUT2D eigenvalue weighted by molar-refractivity contribution is -0.135. The number of carbonyl (C=O) groups is 1. The van der Waals surface area contributed by atoms with Crippen molar-refractivity contribution in [2.45, 2.75) is 26.2 Å². The van der Waals surface area contributed by atoms with Crippen LogP contribution in [0.2, 0.25) is 0 Å². The zero-order chi connectivity index (χ0) is 14.4. The maximum Gasteiger partial charge on any atom is 0.322 e. The molecule has 0 bridgehead atoms. The monoisotopic (exact) mass is 270 g/mol. The number of allylic oxidation sites excluding steroid dienone is 3. The van der Waals surface area contributed by atoms with Crippen molar-refractivity contribution in [3.8, 4) is 0 Å². The highest BCUT2D eigenvalue weighted by Crippen LogP contribution is 2.26. The van der Waals surface area contributed by atoms with Gasteiger partial charge < -0.3 is 10.4 Å². The molecule has 2 N–H and O–H groups in total. The molecule has 0 saturated carbocycles. The summed E-state index contributed by atoms with van der Waals surface area (Å²) in [5.74, 6) is 2.25. The molecule has 4 nitrogen and oxygen atoms in total.